The van der Waals surface area contributed by atoms with E-state index >= 15 is 0 Å². The lowest BCUT2D eigenvalue weighted by molar-refractivity contribution is 0.265. The summed E-state index contributed by atoms with van der Waals surface area (Å²) in [5.74, 6) is 1.07. The van der Waals surface area contributed by atoms with Gasteiger partial charge in [0.15, 0.2) is 0 Å². The summed E-state index contributed by atoms with van der Waals surface area (Å²) < 4.78 is 28.8. The molecule has 0 radical (unpaired) electrons. The molecule has 1 saturated heterocycles. The van der Waals surface area contributed by atoms with Crippen molar-refractivity contribution in [3.05, 3.63) is 12.2 Å². The normalized spacial score (nSPS) is 19.7. The average Bonchev–Trinajstić information content (AvgIpc) is 2.99. The molecule has 0 aromatic carbocycles. The van der Waals surface area contributed by atoms with Gasteiger partial charge in [-0.15, -0.1) is 0 Å². The van der Waals surface area contributed by atoms with E-state index in [9.17, 15) is 8.42 Å². The van der Waals surface area contributed by atoms with Crippen LogP contribution in [0.5, 0.6) is 0 Å². The van der Waals surface area contributed by atoms with E-state index in [-0.39, 0.29) is 0 Å². The number of rotatable bonds is 7. The lowest BCUT2D eigenvalue weighted by atomic mass is 9.98. The van der Waals surface area contributed by atoms with E-state index in [0.717, 1.165) is 25.9 Å². The summed E-state index contributed by atoms with van der Waals surface area (Å²) >= 11 is 0. The Balaban J connectivity index is 1.86. The first-order valence-corrected chi connectivity index (χ1v) is 8.80. The maximum absolute atomic E-state index is 12.3. The number of piperidine rings is 1. The summed E-state index contributed by atoms with van der Waals surface area (Å²) in [5.41, 5.74) is 0. The fraction of sp³-hybridized carbons (Fsp3) is 0.833. The van der Waals surface area contributed by atoms with Crippen LogP contribution in [0, 0.1) is 5.92 Å². The Morgan fingerprint density at radius 2 is 2.19 bits per heavy atom. The van der Waals surface area contributed by atoms with Crippen LogP contribution in [0.15, 0.2) is 6.33 Å². The Kier molecular flexibility index (Phi) is 5.68. The smallest absolute Gasteiger partial charge is 0.280 e. The van der Waals surface area contributed by atoms with Gasteiger partial charge in [-0.25, -0.2) is 4.98 Å². The molecule has 9 heteroatoms. The molecule has 1 fully saturated rings. The van der Waals surface area contributed by atoms with Gasteiger partial charge < -0.3 is 5.32 Å². The van der Waals surface area contributed by atoms with Crippen LogP contribution in [0.4, 0.5) is 0 Å². The first kappa shape index (κ1) is 16.3. The molecule has 8 nitrogen and oxygen atoms in total. The number of H-pyrrole nitrogens is 1. The van der Waals surface area contributed by atoms with Gasteiger partial charge >= 0.3 is 0 Å². The molecule has 1 aliphatic rings. The highest BCUT2D eigenvalue weighted by molar-refractivity contribution is 7.87. The van der Waals surface area contributed by atoms with E-state index < -0.39 is 16.3 Å². The molecule has 1 atom stereocenters. The quantitative estimate of drug-likeness (QED) is 0.658. The van der Waals surface area contributed by atoms with Crippen LogP contribution in [0.25, 0.3) is 0 Å². The predicted octanol–water partition coefficient (Wildman–Crippen LogP) is 0.0216. The Morgan fingerprint density at radius 1 is 1.48 bits per heavy atom. The van der Waals surface area contributed by atoms with Crippen LogP contribution < -0.4 is 10.0 Å². The molecule has 120 valence electrons. The summed E-state index contributed by atoms with van der Waals surface area (Å²) in [6, 6.07) is -0.419. The van der Waals surface area contributed by atoms with Gasteiger partial charge in [0.05, 0.1) is 6.04 Å². The van der Waals surface area contributed by atoms with E-state index in [1.165, 1.54) is 10.6 Å². The fourth-order valence-electron chi connectivity index (χ4n) is 2.48. The van der Waals surface area contributed by atoms with E-state index in [2.05, 4.69) is 32.1 Å². The Labute approximate surface area is 125 Å². The van der Waals surface area contributed by atoms with E-state index in [0.29, 0.717) is 24.8 Å². The molecular formula is C12H24N6O2S. The first-order chi connectivity index (χ1) is 10.0. The highest BCUT2D eigenvalue weighted by atomic mass is 32.2. The van der Waals surface area contributed by atoms with Crippen molar-refractivity contribution in [3.8, 4) is 0 Å². The van der Waals surface area contributed by atoms with Gasteiger partial charge in [-0.2, -0.15) is 22.5 Å². The molecule has 1 aliphatic heterocycles. The molecule has 1 unspecified atom stereocenters. The van der Waals surface area contributed by atoms with E-state index in [1.807, 2.05) is 0 Å². The minimum atomic E-state index is -3.48. The number of hydrogen-bond acceptors (Lipinski definition) is 5. The maximum Gasteiger partial charge on any atom is 0.280 e. The standard InChI is InChI=1S/C12H24N6O2S/c1-3-13-8-11-4-6-18(7-5-11)21(19,20)17-10(2)12-14-9-15-16-12/h9-11,13,17H,3-8H2,1-2H3,(H,14,15,16). The van der Waals surface area contributed by atoms with Crippen molar-refractivity contribution in [2.75, 3.05) is 26.2 Å². The highest BCUT2D eigenvalue weighted by Crippen LogP contribution is 2.19. The van der Waals surface area contributed by atoms with Crippen molar-refractivity contribution >= 4 is 10.2 Å². The largest absolute Gasteiger partial charge is 0.317 e. The number of aromatic amines is 1. The molecule has 1 aromatic rings. The third kappa shape index (κ3) is 4.47. The van der Waals surface area contributed by atoms with Crippen LogP contribution in [0.2, 0.25) is 0 Å². The number of hydrogen-bond donors (Lipinski definition) is 3. The monoisotopic (exact) mass is 316 g/mol. The van der Waals surface area contributed by atoms with Gasteiger partial charge in [-0.1, -0.05) is 6.92 Å². The number of aromatic nitrogens is 3. The minimum absolute atomic E-state index is 0.419. The van der Waals surface area contributed by atoms with Crippen LogP contribution in [-0.2, 0) is 10.2 Å². The maximum atomic E-state index is 12.3. The molecule has 0 aliphatic carbocycles. The second-order valence-corrected chi connectivity index (χ2v) is 7.07. The fourth-order valence-corrected chi connectivity index (χ4v) is 3.88. The minimum Gasteiger partial charge on any atom is -0.317 e. The first-order valence-electron chi connectivity index (χ1n) is 7.36. The molecule has 3 N–H and O–H groups in total. The molecular weight excluding hydrogens is 292 g/mol. The van der Waals surface area contributed by atoms with Gasteiger partial charge in [-0.3, -0.25) is 5.10 Å². The second-order valence-electron chi connectivity index (χ2n) is 5.37. The van der Waals surface area contributed by atoms with Crippen molar-refractivity contribution in [2.45, 2.75) is 32.7 Å². The molecule has 0 bridgehead atoms. The van der Waals surface area contributed by atoms with Crippen LogP contribution in [-0.4, -0.2) is 54.1 Å². The molecule has 0 saturated carbocycles. The zero-order valence-electron chi connectivity index (χ0n) is 12.5. The van der Waals surface area contributed by atoms with Crippen molar-refractivity contribution in [1.82, 2.24) is 29.5 Å². The van der Waals surface area contributed by atoms with Gasteiger partial charge in [0.25, 0.3) is 10.2 Å². The van der Waals surface area contributed by atoms with Gasteiger partial charge in [0.2, 0.25) is 0 Å². The Hall–Kier alpha value is -1.03. The average molecular weight is 316 g/mol. The summed E-state index contributed by atoms with van der Waals surface area (Å²) in [7, 11) is -3.48. The Bertz CT molecular complexity index is 510. The lowest BCUT2D eigenvalue weighted by Gasteiger charge is -2.31. The molecule has 2 rings (SSSR count). The third-order valence-electron chi connectivity index (χ3n) is 3.77. The predicted molar refractivity (Wildman–Crippen MR) is 79.7 cm³/mol. The van der Waals surface area contributed by atoms with Crippen molar-refractivity contribution in [2.24, 2.45) is 5.92 Å². The second kappa shape index (κ2) is 7.30. The molecule has 1 aromatic heterocycles. The third-order valence-corrected chi connectivity index (χ3v) is 5.46. The van der Waals surface area contributed by atoms with Crippen molar-refractivity contribution in [3.63, 3.8) is 0 Å². The summed E-state index contributed by atoms with van der Waals surface area (Å²) in [4.78, 5) is 3.97. The van der Waals surface area contributed by atoms with Gasteiger partial charge in [0, 0.05) is 13.1 Å². The van der Waals surface area contributed by atoms with Crippen LogP contribution in [0.3, 0.4) is 0 Å². The zero-order valence-corrected chi connectivity index (χ0v) is 13.4. The van der Waals surface area contributed by atoms with E-state index in [1.54, 1.807) is 6.92 Å². The number of nitrogens with one attached hydrogen (secondary N) is 3. The molecule has 0 amide bonds. The zero-order chi connectivity index (χ0) is 15.3. The molecule has 21 heavy (non-hydrogen) atoms. The van der Waals surface area contributed by atoms with Gasteiger partial charge in [0.1, 0.15) is 12.2 Å². The van der Waals surface area contributed by atoms with Crippen molar-refractivity contribution < 1.29 is 8.42 Å². The van der Waals surface area contributed by atoms with Crippen molar-refractivity contribution in [1.29, 1.82) is 0 Å². The SMILES string of the molecule is CCNCC1CCN(S(=O)(=O)NC(C)c2ncn[nH]2)CC1. The van der Waals surface area contributed by atoms with Crippen LogP contribution >= 0.6 is 0 Å². The molecule has 2 heterocycles. The summed E-state index contributed by atoms with van der Waals surface area (Å²) in [6.07, 6.45) is 3.15. The molecule has 0 spiro atoms. The van der Waals surface area contributed by atoms with E-state index in [4.69, 9.17) is 0 Å². The highest BCUT2D eigenvalue weighted by Gasteiger charge is 2.29. The summed E-state index contributed by atoms with van der Waals surface area (Å²) in [6.45, 7) is 6.87. The van der Waals surface area contributed by atoms with Gasteiger partial charge in [-0.05, 0) is 38.8 Å². The number of nitrogens with zero attached hydrogens (tertiary/aromatic N) is 3. The Morgan fingerprint density at radius 3 is 2.76 bits per heavy atom. The van der Waals surface area contributed by atoms with Crippen LogP contribution in [0.1, 0.15) is 38.6 Å². The topological polar surface area (TPSA) is 103 Å². The lowest BCUT2D eigenvalue weighted by Crippen LogP contribution is -2.46. The summed E-state index contributed by atoms with van der Waals surface area (Å²) in [5, 5.41) is 9.73.